The largest absolute Gasteiger partial charge is 0.376 e. The van der Waals surface area contributed by atoms with Crippen molar-refractivity contribution in [3.63, 3.8) is 0 Å². The fourth-order valence-corrected chi connectivity index (χ4v) is 4.64. The van der Waals surface area contributed by atoms with Gasteiger partial charge in [0.2, 0.25) is 0 Å². The fraction of sp³-hybridized carbons (Fsp3) is 0.467. The lowest BCUT2D eigenvalue weighted by Gasteiger charge is -2.20. The Hall–Kier alpha value is -0.950. The minimum absolute atomic E-state index is 0.0133. The number of thiazole rings is 1. The molecule has 118 valence electrons. The zero-order chi connectivity index (χ0) is 15.7. The average molecular weight is 357 g/mol. The molecule has 1 amide bonds. The molecule has 4 nitrogen and oxygen atoms in total. The predicted octanol–water partition coefficient (Wildman–Crippen LogP) is 4.08. The van der Waals surface area contributed by atoms with Crippen LogP contribution in [0.15, 0.2) is 12.1 Å². The first kappa shape index (κ1) is 15.9. The summed E-state index contributed by atoms with van der Waals surface area (Å²) in [5.74, 6) is 0.0133. The summed E-state index contributed by atoms with van der Waals surface area (Å²) in [6.45, 7) is 3.31. The quantitative estimate of drug-likeness (QED) is 0.828. The highest BCUT2D eigenvalue weighted by Gasteiger charge is 2.24. The third kappa shape index (κ3) is 3.35. The van der Waals surface area contributed by atoms with Crippen molar-refractivity contribution < 1.29 is 9.53 Å². The monoisotopic (exact) mass is 356 g/mol. The second kappa shape index (κ2) is 6.66. The summed E-state index contributed by atoms with van der Waals surface area (Å²) in [5, 5.41) is 0.850. The minimum atomic E-state index is 0.0133. The van der Waals surface area contributed by atoms with Gasteiger partial charge in [0.1, 0.15) is 9.88 Å². The number of carbonyl (C=O) groups is 1. The van der Waals surface area contributed by atoms with E-state index in [4.69, 9.17) is 16.3 Å². The number of ether oxygens (including phenoxy) is 1. The molecular weight excluding hydrogens is 340 g/mol. The van der Waals surface area contributed by atoms with Crippen molar-refractivity contribution in [2.75, 3.05) is 20.2 Å². The lowest BCUT2D eigenvalue weighted by atomic mass is 10.2. The molecule has 0 bridgehead atoms. The first-order chi connectivity index (χ1) is 10.5. The molecule has 0 N–H and O–H groups in total. The molecule has 0 aliphatic carbocycles. The van der Waals surface area contributed by atoms with Crippen LogP contribution in [0.3, 0.4) is 0 Å². The summed E-state index contributed by atoms with van der Waals surface area (Å²) in [6, 6.07) is 3.79. The molecule has 0 spiro atoms. The number of rotatable bonds is 4. The smallest absolute Gasteiger partial charge is 0.265 e. The fourth-order valence-electron chi connectivity index (χ4n) is 2.48. The van der Waals surface area contributed by atoms with E-state index in [1.807, 2.05) is 26.1 Å². The molecule has 2 aromatic rings. The van der Waals surface area contributed by atoms with E-state index in [1.54, 1.807) is 4.90 Å². The van der Waals surface area contributed by atoms with Gasteiger partial charge in [0.05, 0.1) is 21.0 Å². The summed E-state index contributed by atoms with van der Waals surface area (Å²) in [4.78, 5) is 20.6. The molecule has 1 fully saturated rings. The van der Waals surface area contributed by atoms with Crippen molar-refractivity contribution >= 4 is 40.2 Å². The van der Waals surface area contributed by atoms with Gasteiger partial charge in [-0.2, -0.15) is 0 Å². The molecule has 7 heteroatoms. The Bertz CT molecular complexity index is 677. The highest BCUT2D eigenvalue weighted by molar-refractivity contribution is 7.24. The second-order valence-corrected chi connectivity index (χ2v) is 8.07. The number of hydrogen-bond acceptors (Lipinski definition) is 5. The van der Waals surface area contributed by atoms with Crippen molar-refractivity contribution in [1.29, 1.82) is 0 Å². The molecule has 0 unspecified atom stereocenters. The lowest BCUT2D eigenvalue weighted by molar-refractivity contribution is 0.0590. The number of nitrogens with zero attached hydrogens (tertiary/aromatic N) is 2. The van der Waals surface area contributed by atoms with E-state index in [9.17, 15) is 4.79 Å². The first-order valence-electron chi connectivity index (χ1n) is 7.15. The number of carbonyl (C=O) groups excluding carboxylic acids is 1. The third-order valence-corrected chi connectivity index (χ3v) is 6.17. The van der Waals surface area contributed by atoms with Gasteiger partial charge in [-0.15, -0.1) is 22.7 Å². The van der Waals surface area contributed by atoms with Crippen molar-refractivity contribution in [3.05, 3.63) is 27.0 Å². The topological polar surface area (TPSA) is 42.4 Å². The van der Waals surface area contributed by atoms with E-state index in [0.717, 1.165) is 39.4 Å². The minimum Gasteiger partial charge on any atom is -0.376 e. The Balaban J connectivity index is 1.76. The molecule has 3 heterocycles. The lowest BCUT2D eigenvalue weighted by Crippen LogP contribution is -2.33. The van der Waals surface area contributed by atoms with Crippen LogP contribution in [-0.4, -0.2) is 42.1 Å². The molecular formula is C15H17ClN2O2S2. The van der Waals surface area contributed by atoms with Gasteiger partial charge in [-0.3, -0.25) is 4.79 Å². The first-order valence-corrected chi connectivity index (χ1v) is 9.16. The van der Waals surface area contributed by atoms with Crippen molar-refractivity contribution in [2.45, 2.75) is 25.9 Å². The Morgan fingerprint density at radius 1 is 1.50 bits per heavy atom. The van der Waals surface area contributed by atoms with E-state index >= 15 is 0 Å². The molecule has 1 atom stereocenters. The highest BCUT2D eigenvalue weighted by Crippen LogP contribution is 2.35. The Morgan fingerprint density at radius 3 is 2.95 bits per heavy atom. The molecule has 0 saturated carbocycles. The van der Waals surface area contributed by atoms with Crippen molar-refractivity contribution in [1.82, 2.24) is 9.88 Å². The van der Waals surface area contributed by atoms with Gasteiger partial charge in [0.25, 0.3) is 5.91 Å². The van der Waals surface area contributed by atoms with Crippen LogP contribution in [0.25, 0.3) is 9.88 Å². The number of thiophene rings is 1. The molecule has 1 aliphatic heterocycles. The molecule has 1 aliphatic rings. The number of aryl methyl sites for hydroxylation is 1. The van der Waals surface area contributed by atoms with Crippen LogP contribution in [0.5, 0.6) is 0 Å². The Labute approximate surface area is 142 Å². The average Bonchev–Trinajstić information content (AvgIpc) is 3.19. The summed E-state index contributed by atoms with van der Waals surface area (Å²) >= 11 is 8.88. The number of aromatic nitrogens is 1. The molecule has 1 saturated heterocycles. The molecule has 0 radical (unpaired) electrons. The maximum Gasteiger partial charge on any atom is 0.265 e. The number of halogens is 1. The zero-order valence-electron chi connectivity index (χ0n) is 12.5. The van der Waals surface area contributed by atoms with E-state index in [1.165, 1.54) is 22.7 Å². The van der Waals surface area contributed by atoms with Gasteiger partial charge in [0.15, 0.2) is 0 Å². The van der Waals surface area contributed by atoms with E-state index in [-0.39, 0.29) is 12.0 Å². The molecule has 0 aromatic carbocycles. The number of likely N-dealkylation sites (N-methyl/N-ethyl adjacent to an activating group) is 1. The van der Waals surface area contributed by atoms with Gasteiger partial charge in [-0.1, -0.05) is 11.6 Å². The standard InChI is InChI=1S/C15H17ClN2O2S2/c1-9-13(15(19)18(2)8-10-4-3-7-20-10)22-14(17-9)11-5-6-12(16)21-11/h5-6,10H,3-4,7-8H2,1-2H3/t10-/m0/s1. The highest BCUT2D eigenvalue weighted by atomic mass is 35.5. The summed E-state index contributed by atoms with van der Waals surface area (Å²) in [5.41, 5.74) is 0.772. The van der Waals surface area contributed by atoms with E-state index in [2.05, 4.69) is 4.98 Å². The van der Waals surface area contributed by atoms with Gasteiger partial charge in [-0.25, -0.2) is 4.98 Å². The third-order valence-electron chi connectivity index (χ3n) is 3.62. The van der Waals surface area contributed by atoms with Gasteiger partial charge in [-0.05, 0) is 31.9 Å². The van der Waals surface area contributed by atoms with Crippen LogP contribution in [0.4, 0.5) is 0 Å². The van der Waals surface area contributed by atoms with E-state index < -0.39 is 0 Å². The normalized spacial score (nSPS) is 17.9. The molecule has 22 heavy (non-hydrogen) atoms. The Kier molecular flexibility index (Phi) is 4.82. The van der Waals surface area contributed by atoms with Crippen molar-refractivity contribution in [3.8, 4) is 9.88 Å². The van der Waals surface area contributed by atoms with Crippen molar-refractivity contribution in [2.24, 2.45) is 0 Å². The van der Waals surface area contributed by atoms with Crippen LogP contribution in [0.1, 0.15) is 28.2 Å². The summed E-state index contributed by atoms with van der Waals surface area (Å²) in [7, 11) is 1.82. The van der Waals surface area contributed by atoms with Crippen LogP contribution in [-0.2, 0) is 4.74 Å². The molecule has 3 rings (SSSR count). The SMILES string of the molecule is Cc1nc(-c2ccc(Cl)s2)sc1C(=O)N(C)C[C@@H]1CCCO1. The summed E-state index contributed by atoms with van der Waals surface area (Å²) in [6.07, 6.45) is 2.27. The van der Waals surface area contributed by atoms with Crippen LogP contribution < -0.4 is 0 Å². The predicted molar refractivity (Wildman–Crippen MR) is 91.1 cm³/mol. The van der Waals surface area contributed by atoms with Crippen LogP contribution in [0, 0.1) is 6.92 Å². The maximum absolute atomic E-state index is 12.6. The van der Waals surface area contributed by atoms with Gasteiger partial charge >= 0.3 is 0 Å². The number of hydrogen-bond donors (Lipinski definition) is 0. The van der Waals surface area contributed by atoms with Crippen LogP contribution >= 0.6 is 34.3 Å². The van der Waals surface area contributed by atoms with Crippen LogP contribution in [0.2, 0.25) is 4.34 Å². The maximum atomic E-state index is 12.6. The van der Waals surface area contributed by atoms with Gasteiger partial charge in [0, 0.05) is 20.2 Å². The Morgan fingerprint density at radius 2 is 2.32 bits per heavy atom. The molecule has 2 aromatic heterocycles. The second-order valence-electron chi connectivity index (χ2n) is 5.36. The number of amides is 1. The zero-order valence-corrected chi connectivity index (χ0v) is 14.9. The van der Waals surface area contributed by atoms with Gasteiger partial charge < -0.3 is 9.64 Å². The summed E-state index contributed by atoms with van der Waals surface area (Å²) < 4.78 is 6.33. The van der Waals surface area contributed by atoms with E-state index in [0.29, 0.717) is 11.4 Å².